The van der Waals surface area contributed by atoms with Crippen LogP contribution in [0.4, 0.5) is 17.2 Å². The Balaban J connectivity index is 1.51. The molecule has 2 heterocycles. The second-order valence-electron chi connectivity index (χ2n) is 6.61. The highest BCUT2D eigenvalue weighted by molar-refractivity contribution is 9.10. The number of sulfonamides is 1. The number of aromatic nitrogens is 2. The summed E-state index contributed by atoms with van der Waals surface area (Å²) in [5, 5.41) is 9.87. The molecule has 2 amide bonds. The van der Waals surface area contributed by atoms with Crippen LogP contribution in [0.25, 0.3) is 0 Å². The molecule has 2 N–H and O–H groups in total. The van der Waals surface area contributed by atoms with Crippen molar-refractivity contribution < 1.29 is 18.0 Å². The van der Waals surface area contributed by atoms with Crippen LogP contribution in [0.3, 0.4) is 0 Å². The van der Waals surface area contributed by atoms with Crippen molar-refractivity contribution in [3.63, 3.8) is 0 Å². The van der Waals surface area contributed by atoms with E-state index in [1.165, 1.54) is 36.4 Å². The molecular formula is C20H12BrCl2N5O4S. The Bertz CT molecular complexity index is 1380. The summed E-state index contributed by atoms with van der Waals surface area (Å²) in [6.45, 7) is 0. The summed E-state index contributed by atoms with van der Waals surface area (Å²) in [5.74, 6) is -1.30. The Morgan fingerprint density at radius 3 is 2.12 bits per heavy atom. The third kappa shape index (κ3) is 4.86. The van der Waals surface area contributed by atoms with Crippen molar-refractivity contribution >= 4 is 78.2 Å². The fourth-order valence-corrected chi connectivity index (χ4v) is 4.44. The van der Waals surface area contributed by atoms with Gasteiger partial charge in [-0.05, 0) is 60.7 Å². The van der Waals surface area contributed by atoms with Crippen LogP contribution < -0.4 is 14.9 Å². The van der Waals surface area contributed by atoms with E-state index >= 15 is 0 Å². The van der Waals surface area contributed by atoms with Crippen LogP contribution in [-0.4, -0.2) is 30.4 Å². The smallest absolute Gasteiger partial charge is 0.283 e. The standard InChI is InChI=1S/C20H12BrCl2N5O4S/c21-11-1-5-13(6-2-11)28-19(29)17(23)18(20(28)30)24-12-3-7-14(8-4-12)33(31,32)27-16-10-9-15(22)25-26-16/h1-10,24H,(H,26,27). The minimum absolute atomic E-state index is 0.00152. The first-order valence-electron chi connectivity index (χ1n) is 9.09. The quantitative estimate of drug-likeness (QED) is 0.429. The maximum atomic E-state index is 12.8. The summed E-state index contributed by atoms with van der Waals surface area (Å²) in [5.41, 5.74) is 0.600. The van der Waals surface area contributed by atoms with Gasteiger partial charge in [0.15, 0.2) is 11.0 Å². The number of imide groups is 1. The van der Waals surface area contributed by atoms with Crippen LogP contribution in [-0.2, 0) is 19.6 Å². The predicted molar refractivity (Wildman–Crippen MR) is 127 cm³/mol. The first kappa shape index (κ1) is 23.2. The van der Waals surface area contributed by atoms with E-state index in [1.807, 2.05) is 0 Å². The molecule has 1 aliphatic rings. The number of rotatable bonds is 6. The summed E-state index contributed by atoms with van der Waals surface area (Å²) in [6.07, 6.45) is 0. The van der Waals surface area contributed by atoms with Gasteiger partial charge in [-0.15, -0.1) is 10.2 Å². The third-order valence-corrected chi connectivity index (χ3v) is 6.87. The number of hydrogen-bond acceptors (Lipinski definition) is 7. The lowest BCUT2D eigenvalue weighted by atomic mass is 10.3. The second-order valence-corrected chi connectivity index (χ2v) is 9.97. The first-order valence-corrected chi connectivity index (χ1v) is 12.1. The zero-order valence-electron chi connectivity index (χ0n) is 16.3. The zero-order chi connectivity index (χ0) is 23.8. The van der Waals surface area contributed by atoms with E-state index in [-0.39, 0.29) is 26.6 Å². The average molecular weight is 569 g/mol. The largest absolute Gasteiger partial charge is 0.350 e. The van der Waals surface area contributed by atoms with Crippen LogP contribution in [0, 0.1) is 0 Å². The van der Waals surface area contributed by atoms with Crippen LogP contribution in [0.2, 0.25) is 5.15 Å². The molecule has 1 aromatic heterocycles. The molecule has 168 valence electrons. The van der Waals surface area contributed by atoms with Gasteiger partial charge in [0.05, 0.1) is 10.6 Å². The molecule has 9 nitrogen and oxygen atoms in total. The van der Waals surface area contributed by atoms with E-state index in [0.717, 1.165) is 9.37 Å². The molecule has 1 aliphatic heterocycles. The molecule has 0 aliphatic carbocycles. The van der Waals surface area contributed by atoms with Crippen molar-refractivity contribution in [1.29, 1.82) is 0 Å². The molecule has 0 spiro atoms. The molecule has 4 rings (SSSR count). The van der Waals surface area contributed by atoms with Crippen molar-refractivity contribution in [2.75, 3.05) is 14.9 Å². The number of hydrogen-bond donors (Lipinski definition) is 2. The van der Waals surface area contributed by atoms with Gasteiger partial charge in [-0.3, -0.25) is 14.3 Å². The van der Waals surface area contributed by atoms with Crippen LogP contribution in [0.15, 0.2) is 80.8 Å². The van der Waals surface area contributed by atoms with Crippen LogP contribution >= 0.6 is 39.1 Å². The number of halogens is 3. The number of carbonyl (C=O) groups excluding carboxylic acids is 2. The van der Waals surface area contributed by atoms with Crippen molar-refractivity contribution in [2.45, 2.75) is 4.90 Å². The summed E-state index contributed by atoms with van der Waals surface area (Å²) < 4.78 is 28.2. The summed E-state index contributed by atoms with van der Waals surface area (Å²) in [4.78, 5) is 26.3. The van der Waals surface area contributed by atoms with Crippen LogP contribution in [0.1, 0.15) is 0 Å². The molecule has 0 atom stereocenters. The Morgan fingerprint density at radius 1 is 0.848 bits per heavy atom. The Hall–Kier alpha value is -2.99. The Labute approximate surface area is 206 Å². The van der Waals surface area contributed by atoms with E-state index in [0.29, 0.717) is 11.4 Å². The fourth-order valence-electron chi connectivity index (χ4n) is 2.86. The van der Waals surface area contributed by atoms with E-state index in [4.69, 9.17) is 23.2 Å². The number of benzene rings is 2. The SMILES string of the molecule is O=C1C(Cl)=C(Nc2ccc(S(=O)(=O)Nc3ccc(Cl)nn3)cc2)C(=O)N1c1ccc(Br)cc1. The molecule has 3 aromatic rings. The first-order chi connectivity index (χ1) is 15.7. The van der Waals surface area contributed by atoms with Crippen molar-refractivity contribution in [2.24, 2.45) is 0 Å². The zero-order valence-corrected chi connectivity index (χ0v) is 20.2. The molecule has 13 heteroatoms. The van der Waals surface area contributed by atoms with E-state index in [9.17, 15) is 18.0 Å². The van der Waals surface area contributed by atoms with Gasteiger partial charge in [-0.1, -0.05) is 39.1 Å². The molecule has 0 saturated carbocycles. The molecule has 33 heavy (non-hydrogen) atoms. The lowest BCUT2D eigenvalue weighted by Gasteiger charge is -2.15. The molecule has 0 bridgehead atoms. The predicted octanol–water partition coefficient (Wildman–Crippen LogP) is 4.13. The fraction of sp³-hybridized carbons (Fsp3) is 0. The number of carbonyl (C=O) groups is 2. The van der Waals surface area contributed by atoms with Gasteiger partial charge in [0, 0.05) is 10.2 Å². The van der Waals surface area contributed by atoms with Crippen molar-refractivity contribution in [3.8, 4) is 0 Å². The average Bonchev–Trinajstić information content (AvgIpc) is 2.99. The van der Waals surface area contributed by atoms with Crippen molar-refractivity contribution in [1.82, 2.24) is 10.2 Å². The molecular weight excluding hydrogens is 557 g/mol. The number of anilines is 3. The molecule has 2 aromatic carbocycles. The second kappa shape index (κ2) is 9.10. The number of amides is 2. The molecule has 0 radical (unpaired) electrons. The maximum Gasteiger partial charge on any atom is 0.283 e. The van der Waals surface area contributed by atoms with Gasteiger partial charge < -0.3 is 5.32 Å². The minimum Gasteiger partial charge on any atom is -0.350 e. The molecule has 0 saturated heterocycles. The van der Waals surface area contributed by atoms with Gasteiger partial charge in [-0.2, -0.15) is 0 Å². The van der Waals surface area contributed by atoms with Gasteiger partial charge in [0.25, 0.3) is 21.8 Å². The Kier molecular flexibility index (Phi) is 6.39. The van der Waals surface area contributed by atoms with Gasteiger partial charge in [0.1, 0.15) is 10.7 Å². The maximum absolute atomic E-state index is 12.8. The summed E-state index contributed by atoms with van der Waals surface area (Å²) in [7, 11) is -3.94. The summed E-state index contributed by atoms with van der Waals surface area (Å²) in [6, 6.07) is 14.8. The molecule has 0 fully saturated rings. The van der Waals surface area contributed by atoms with Crippen LogP contribution in [0.5, 0.6) is 0 Å². The third-order valence-electron chi connectivity index (χ3n) is 4.42. The number of nitrogens with one attached hydrogen (secondary N) is 2. The highest BCUT2D eigenvalue weighted by Crippen LogP contribution is 2.31. The lowest BCUT2D eigenvalue weighted by Crippen LogP contribution is -2.32. The lowest BCUT2D eigenvalue weighted by molar-refractivity contribution is -0.120. The Morgan fingerprint density at radius 2 is 1.52 bits per heavy atom. The van der Waals surface area contributed by atoms with Crippen molar-refractivity contribution in [3.05, 3.63) is 81.0 Å². The highest BCUT2D eigenvalue weighted by Gasteiger charge is 2.38. The topological polar surface area (TPSA) is 121 Å². The monoisotopic (exact) mass is 567 g/mol. The number of nitrogens with zero attached hydrogens (tertiary/aromatic N) is 3. The van der Waals surface area contributed by atoms with Gasteiger partial charge in [0.2, 0.25) is 0 Å². The van der Waals surface area contributed by atoms with Gasteiger partial charge in [-0.25, -0.2) is 13.3 Å². The van der Waals surface area contributed by atoms with E-state index in [2.05, 4.69) is 36.2 Å². The minimum atomic E-state index is -3.94. The normalized spacial score (nSPS) is 14.1. The van der Waals surface area contributed by atoms with E-state index < -0.39 is 21.8 Å². The molecule has 0 unspecified atom stereocenters. The van der Waals surface area contributed by atoms with Gasteiger partial charge >= 0.3 is 0 Å². The summed E-state index contributed by atoms with van der Waals surface area (Å²) >= 11 is 15.1. The highest BCUT2D eigenvalue weighted by atomic mass is 79.9. The van der Waals surface area contributed by atoms with E-state index in [1.54, 1.807) is 24.3 Å².